The van der Waals surface area contributed by atoms with Crippen molar-refractivity contribution in [3.05, 3.63) is 36.0 Å². The first-order valence-corrected chi connectivity index (χ1v) is 11.4. The number of nitrogens with two attached hydrogens (primary N) is 1. The van der Waals surface area contributed by atoms with Gasteiger partial charge in [0.15, 0.2) is 5.82 Å². The predicted octanol–water partition coefficient (Wildman–Crippen LogP) is 2.72. The van der Waals surface area contributed by atoms with Gasteiger partial charge >= 0.3 is 6.03 Å². The molecule has 1 aromatic heterocycles. The minimum Gasteiger partial charge on any atom is -0.495 e. The summed E-state index contributed by atoms with van der Waals surface area (Å²) in [6, 6.07) is 9.82. The van der Waals surface area contributed by atoms with Crippen LogP contribution in [0.4, 0.5) is 16.3 Å². The SMILES string of the molecule is COc1ccccc1N1CCN(CCCCN(C(N)=O)c2cc3n(n2)CCCC3)CC1. The van der Waals surface area contributed by atoms with Crippen molar-refractivity contribution < 1.29 is 9.53 Å². The highest BCUT2D eigenvalue weighted by atomic mass is 16.5. The second-order valence-electron chi connectivity index (χ2n) is 8.37. The van der Waals surface area contributed by atoms with Gasteiger partial charge in [-0.15, -0.1) is 0 Å². The summed E-state index contributed by atoms with van der Waals surface area (Å²) >= 11 is 0. The second kappa shape index (κ2) is 10.0. The molecule has 3 heterocycles. The number of para-hydroxylation sites is 2. The Bertz CT molecular complexity index is 851. The van der Waals surface area contributed by atoms with E-state index in [0.717, 1.165) is 70.7 Å². The van der Waals surface area contributed by atoms with Crippen molar-refractivity contribution in [3.63, 3.8) is 0 Å². The van der Waals surface area contributed by atoms with Gasteiger partial charge in [-0.05, 0) is 50.8 Å². The number of hydrogen-bond donors (Lipinski definition) is 1. The number of aryl methyl sites for hydroxylation is 2. The van der Waals surface area contributed by atoms with Gasteiger partial charge in [-0.2, -0.15) is 5.10 Å². The van der Waals surface area contributed by atoms with Gasteiger partial charge in [0.05, 0.1) is 12.8 Å². The van der Waals surface area contributed by atoms with E-state index in [1.165, 1.54) is 17.8 Å². The lowest BCUT2D eigenvalue weighted by Gasteiger charge is -2.36. The lowest BCUT2D eigenvalue weighted by molar-refractivity contribution is 0.248. The summed E-state index contributed by atoms with van der Waals surface area (Å²) in [5.74, 6) is 1.64. The third-order valence-electron chi connectivity index (χ3n) is 6.35. The van der Waals surface area contributed by atoms with Gasteiger partial charge in [0, 0.05) is 51.0 Å². The molecule has 8 heteroatoms. The fourth-order valence-electron chi connectivity index (χ4n) is 4.58. The molecule has 2 aliphatic rings. The molecule has 0 saturated carbocycles. The minimum absolute atomic E-state index is 0.416. The normalized spacial score (nSPS) is 16.7. The number of primary amides is 1. The summed E-state index contributed by atoms with van der Waals surface area (Å²) in [5.41, 5.74) is 8.04. The van der Waals surface area contributed by atoms with Crippen molar-refractivity contribution in [2.75, 3.05) is 56.2 Å². The van der Waals surface area contributed by atoms with Gasteiger partial charge in [-0.25, -0.2) is 4.79 Å². The van der Waals surface area contributed by atoms with E-state index in [1.54, 1.807) is 12.0 Å². The molecule has 1 aromatic carbocycles. The number of methoxy groups -OCH3 is 1. The monoisotopic (exact) mass is 426 g/mol. The number of unbranched alkanes of at least 4 members (excludes halogenated alkanes) is 1. The number of nitrogens with zero attached hydrogens (tertiary/aromatic N) is 5. The van der Waals surface area contributed by atoms with Crippen LogP contribution in [0.5, 0.6) is 5.75 Å². The lowest BCUT2D eigenvalue weighted by Crippen LogP contribution is -2.46. The van der Waals surface area contributed by atoms with Crippen LogP contribution >= 0.6 is 0 Å². The number of hydrogen-bond acceptors (Lipinski definition) is 5. The van der Waals surface area contributed by atoms with E-state index < -0.39 is 6.03 Å². The maximum atomic E-state index is 12.0. The summed E-state index contributed by atoms with van der Waals surface area (Å²) in [6.07, 6.45) is 5.31. The Morgan fingerprint density at radius 3 is 2.68 bits per heavy atom. The lowest BCUT2D eigenvalue weighted by atomic mass is 10.1. The zero-order chi connectivity index (χ0) is 21.6. The zero-order valence-electron chi connectivity index (χ0n) is 18.5. The molecule has 0 atom stereocenters. The van der Waals surface area contributed by atoms with E-state index in [9.17, 15) is 4.79 Å². The molecule has 168 valence electrons. The molecule has 2 amide bonds. The van der Waals surface area contributed by atoms with Gasteiger partial charge in [0.1, 0.15) is 5.75 Å². The molecule has 0 bridgehead atoms. The number of fused-ring (bicyclic) bond motifs is 1. The highest BCUT2D eigenvalue weighted by Crippen LogP contribution is 2.28. The first-order valence-electron chi connectivity index (χ1n) is 11.4. The van der Waals surface area contributed by atoms with Crippen LogP contribution in [-0.4, -0.2) is 67.1 Å². The van der Waals surface area contributed by atoms with Crippen LogP contribution in [0.15, 0.2) is 30.3 Å². The van der Waals surface area contributed by atoms with E-state index >= 15 is 0 Å². The Balaban J connectivity index is 1.22. The van der Waals surface area contributed by atoms with Crippen LogP contribution in [-0.2, 0) is 13.0 Å². The highest BCUT2D eigenvalue weighted by molar-refractivity contribution is 5.89. The summed E-state index contributed by atoms with van der Waals surface area (Å²) < 4.78 is 7.53. The van der Waals surface area contributed by atoms with Crippen molar-refractivity contribution in [2.24, 2.45) is 5.73 Å². The fourth-order valence-corrected chi connectivity index (χ4v) is 4.58. The Labute approximate surface area is 184 Å². The first kappa shape index (κ1) is 21.5. The summed E-state index contributed by atoms with van der Waals surface area (Å²) in [5, 5.41) is 4.61. The highest BCUT2D eigenvalue weighted by Gasteiger charge is 2.21. The second-order valence-corrected chi connectivity index (χ2v) is 8.37. The van der Waals surface area contributed by atoms with Gasteiger partial charge in [-0.1, -0.05) is 12.1 Å². The Morgan fingerprint density at radius 1 is 1.13 bits per heavy atom. The number of amides is 2. The molecule has 2 N–H and O–H groups in total. The largest absolute Gasteiger partial charge is 0.495 e. The summed E-state index contributed by atoms with van der Waals surface area (Å²) in [6.45, 7) is 6.64. The minimum atomic E-state index is -0.416. The zero-order valence-corrected chi connectivity index (χ0v) is 18.5. The van der Waals surface area contributed by atoms with E-state index in [-0.39, 0.29) is 0 Å². The molecule has 2 aliphatic heterocycles. The number of urea groups is 1. The summed E-state index contributed by atoms with van der Waals surface area (Å²) in [4.78, 5) is 18.5. The van der Waals surface area contributed by atoms with Crippen LogP contribution in [0.2, 0.25) is 0 Å². The molecular weight excluding hydrogens is 392 g/mol. The fraction of sp³-hybridized carbons (Fsp3) is 0.565. The molecule has 31 heavy (non-hydrogen) atoms. The maximum absolute atomic E-state index is 12.0. The Hall–Kier alpha value is -2.74. The molecule has 1 saturated heterocycles. The van der Waals surface area contributed by atoms with E-state index in [2.05, 4.69) is 27.0 Å². The topological polar surface area (TPSA) is 79.9 Å². The van der Waals surface area contributed by atoms with Gasteiger partial charge < -0.3 is 15.4 Å². The molecule has 0 radical (unpaired) electrons. The van der Waals surface area contributed by atoms with Crippen LogP contribution in [0, 0.1) is 0 Å². The van der Waals surface area contributed by atoms with Gasteiger partial charge in [0.25, 0.3) is 0 Å². The average Bonchev–Trinajstić information content (AvgIpc) is 3.23. The maximum Gasteiger partial charge on any atom is 0.320 e. The van der Waals surface area contributed by atoms with Crippen LogP contribution in [0.25, 0.3) is 0 Å². The third kappa shape index (κ3) is 5.12. The molecule has 4 rings (SSSR count). The number of benzene rings is 1. The molecule has 0 unspecified atom stereocenters. The molecule has 1 fully saturated rings. The van der Waals surface area contributed by atoms with Gasteiger partial charge in [-0.3, -0.25) is 14.5 Å². The number of carbonyl (C=O) groups excluding carboxylic acids is 1. The van der Waals surface area contributed by atoms with E-state index in [4.69, 9.17) is 10.5 Å². The van der Waals surface area contributed by atoms with E-state index in [0.29, 0.717) is 12.4 Å². The standard InChI is InChI=1S/C23H34N6O2/c1-31-21-10-3-2-9-20(21)27-16-14-26(15-17-27)11-6-7-12-28(23(24)30)22-18-19-8-4-5-13-29(19)25-22/h2-3,9-10,18H,4-8,11-17H2,1H3,(H2,24,30). The number of piperazine rings is 1. The average molecular weight is 427 g/mol. The van der Waals surface area contributed by atoms with Crippen molar-refractivity contribution in [1.82, 2.24) is 14.7 Å². The Kier molecular flexibility index (Phi) is 6.96. The molecule has 8 nitrogen and oxygen atoms in total. The quantitative estimate of drug-likeness (QED) is 0.657. The third-order valence-corrected chi connectivity index (χ3v) is 6.35. The number of rotatable bonds is 8. The smallest absolute Gasteiger partial charge is 0.320 e. The predicted molar refractivity (Wildman–Crippen MR) is 123 cm³/mol. The van der Waals surface area contributed by atoms with Crippen LogP contribution in [0.3, 0.4) is 0 Å². The summed E-state index contributed by atoms with van der Waals surface area (Å²) in [7, 11) is 1.73. The Morgan fingerprint density at radius 2 is 1.94 bits per heavy atom. The van der Waals surface area contributed by atoms with Crippen molar-refractivity contribution in [3.8, 4) is 5.75 Å². The van der Waals surface area contributed by atoms with Crippen molar-refractivity contribution in [2.45, 2.75) is 38.6 Å². The number of ether oxygens (including phenoxy) is 1. The van der Waals surface area contributed by atoms with Crippen LogP contribution < -0.4 is 20.3 Å². The first-order chi connectivity index (χ1) is 15.2. The molecule has 0 spiro atoms. The number of anilines is 2. The molecule has 2 aromatic rings. The van der Waals surface area contributed by atoms with Crippen LogP contribution in [0.1, 0.15) is 31.4 Å². The molecule has 0 aliphatic carbocycles. The van der Waals surface area contributed by atoms with Crippen molar-refractivity contribution in [1.29, 1.82) is 0 Å². The molecular formula is C23H34N6O2. The van der Waals surface area contributed by atoms with Crippen molar-refractivity contribution >= 4 is 17.5 Å². The van der Waals surface area contributed by atoms with E-state index in [1.807, 2.05) is 22.9 Å². The number of aromatic nitrogens is 2. The van der Waals surface area contributed by atoms with Gasteiger partial charge in [0.2, 0.25) is 0 Å². The number of carbonyl (C=O) groups is 1.